The van der Waals surface area contributed by atoms with Gasteiger partial charge in [0.05, 0.1) is 6.42 Å². The van der Waals surface area contributed by atoms with E-state index in [-0.39, 0.29) is 18.2 Å². The van der Waals surface area contributed by atoms with E-state index >= 15 is 0 Å². The van der Waals surface area contributed by atoms with Crippen molar-refractivity contribution in [2.24, 2.45) is 5.73 Å². The van der Waals surface area contributed by atoms with Gasteiger partial charge in [-0.2, -0.15) is 0 Å². The second-order valence-electron chi connectivity index (χ2n) is 4.64. The van der Waals surface area contributed by atoms with Crippen LogP contribution in [0.5, 0.6) is 0 Å². The van der Waals surface area contributed by atoms with Gasteiger partial charge >= 0.3 is 0 Å². The van der Waals surface area contributed by atoms with Crippen LogP contribution in [0, 0.1) is 0 Å². The van der Waals surface area contributed by atoms with Gasteiger partial charge in [0.25, 0.3) is 0 Å². The summed E-state index contributed by atoms with van der Waals surface area (Å²) in [5, 5.41) is 0. The number of Topliss-reactive ketones (excluding diaryl/α,β-unsaturated/α-hetero) is 1. The molecule has 0 bridgehead atoms. The number of fused-ring (bicyclic) bond motifs is 1. The van der Waals surface area contributed by atoms with Crippen molar-refractivity contribution in [2.45, 2.75) is 18.9 Å². The van der Waals surface area contributed by atoms with Gasteiger partial charge in [0.1, 0.15) is 11.9 Å². The summed E-state index contributed by atoms with van der Waals surface area (Å²) in [6, 6.07) is 7.26. The summed E-state index contributed by atoms with van der Waals surface area (Å²) in [6.45, 7) is 0. The van der Waals surface area contributed by atoms with Gasteiger partial charge in [0.2, 0.25) is 5.91 Å². The summed E-state index contributed by atoms with van der Waals surface area (Å²) in [4.78, 5) is 27.5. The lowest BCUT2D eigenvalue weighted by Gasteiger charge is -2.13. The Morgan fingerprint density at radius 3 is 2.95 bits per heavy atom. The minimum Gasteiger partial charge on any atom is -0.369 e. The average Bonchev–Trinajstić information content (AvgIpc) is 2.94. The van der Waals surface area contributed by atoms with Crippen LogP contribution < -0.4 is 5.73 Å². The number of carbonyl (C=O) groups is 2. The van der Waals surface area contributed by atoms with Crippen LogP contribution in [0.4, 0.5) is 0 Å². The average molecular weight is 255 g/mol. The molecule has 1 unspecified atom stereocenters. The Kier molecular flexibility index (Phi) is 2.67. The number of imidazole rings is 1. The van der Waals surface area contributed by atoms with E-state index in [9.17, 15) is 9.59 Å². The van der Waals surface area contributed by atoms with Crippen molar-refractivity contribution in [2.75, 3.05) is 0 Å². The lowest BCUT2D eigenvalue weighted by Crippen LogP contribution is -2.22. The number of benzene rings is 1. The van der Waals surface area contributed by atoms with Crippen LogP contribution in [0.3, 0.4) is 0 Å². The summed E-state index contributed by atoms with van der Waals surface area (Å²) in [5.74, 6) is 0.161. The Hall–Kier alpha value is -2.43. The molecule has 0 aliphatic heterocycles. The standard InChI is InChI=1S/C14H13N3O2/c15-12(18)8-13-16-5-6-17(13)11-7-9-3-1-2-4-10(9)14(11)19/h1-6,11H,7-8H2,(H2,15,18). The maximum Gasteiger partial charge on any atom is 0.225 e. The van der Waals surface area contributed by atoms with Crippen molar-refractivity contribution in [3.63, 3.8) is 0 Å². The van der Waals surface area contributed by atoms with E-state index in [1.54, 1.807) is 17.0 Å². The second kappa shape index (κ2) is 4.35. The maximum absolute atomic E-state index is 12.4. The van der Waals surface area contributed by atoms with Crippen molar-refractivity contribution < 1.29 is 9.59 Å². The Morgan fingerprint density at radius 1 is 1.42 bits per heavy atom. The third-order valence-corrected chi connectivity index (χ3v) is 3.42. The van der Waals surface area contributed by atoms with Crippen molar-refractivity contribution >= 4 is 11.7 Å². The third kappa shape index (κ3) is 1.93. The molecule has 1 aromatic heterocycles. The van der Waals surface area contributed by atoms with E-state index in [2.05, 4.69) is 4.98 Å². The van der Waals surface area contributed by atoms with Crippen LogP contribution in [0.25, 0.3) is 0 Å². The Labute approximate surface area is 110 Å². The Bertz CT molecular complexity index is 660. The minimum atomic E-state index is -0.449. The number of rotatable bonds is 3. The fraction of sp³-hybridized carbons (Fsp3) is 0.214. The largest absolute Gasteiger partial charge is 0.369 e. The van der Waals surface area contributed by atoms with Gasteiger partial charge in [-0.15, -0.1) is 0 Å². The Morgan fingerprint density at radius 2 is 2.21 bits per heavy atom. The summed E-state index contributed by atoms with van der Waals surface area (Å²) >= 11 is 0. The van der Waals surface area contributed by atoms with Gasteiger partial charge in [-0.25, -0.2) is 4.98 Å². The molecule has 1 aliphatic rings. The number of nitrogens with zero attached hydrogens (tertiary/aromatic N) is 2. The highest BCUT2D eigenvalue weighted by molar-refractivity contribution is 6.03. The zero-order chi connectivity index (χ0) is 13.4. The molecule has 1 aliphatic carbocycles. The minimum absolute atomic E-state index is 0.0487. The lowest BCUT2D eigenvalue weighted by atomic mass is 10.1. The highest BCUT2D eigenvalue weighted by Crippen LogP contribution is 2.30. The topological polar surface area (TPSA) is 78.0 Å². The van der Waals surface area contributed by atoms with Gasteiger partial charge < -0.3 is 10.3 Å². The first-order valence-corrected chi connectivity index (χ1v) is 6.09. The molecule has 3 rings (SSSR count). The number of ketones is 1. The fourth-order valence-corrected chi connectivity index (χ4v) is 2.56. The molecule has 1 atom stereocenters. The van der Waals surface area contributed by atoms with Crippen LogP contribution >= 0.6 is 0 Å². The van der Waals surface area contributed by atoms with Gasteiger partial charge in [-0.1, -0.05) is 24.3 Å². The number of amides is 1. The summed E-state index contributed by atoms with van der Waals surface area (Å²) < 4.78 is 1.76. The van der Waals surface area contributed by atoms with Crippen molar-refractivity contribution in [1.82, 2.24) is 9.55 Å². The van der Waals surface area contributed by atoms with Crippen LogP contribution in [0.2, 0.25) is 0 Å². The van der Waals surface area contributed by atoms with Crippen LogP contribution in [-0.2, 0) is 17.6 Å². The van der Waals surface area contributed by atoms with Crippen molar-refractivity contribution in [3.05, 3.63) is 53.6 Å². The molecule has 0 saturated heterocycles. The van der Waals surface area contributed by atoms with E-state index < -0.39 is 5.91 Å². The first-order chi connectivity index (χ1) is 9.16. The molecule has 0 fully saturated rings. The summed E-state index contributed by atoms with van der Waals surface area (Å²) in [6.07, 6.45) is 4.01. The van der Waals surface area contributed by atoms with E-state index in [0.717, 1.165) is 11.1 Å². The zero-order valence-corrected chi connectivity index (χ0v) is 10.2. The van der Waals surface area contributed by atoms with E-state index in [1.807, 2.05) is 24.3 Å². The summed E-state index contributed by atoms with van der Waals surface area (Å²) in [7, 11) is 0. The molecular weight excluding hydrogens is 242 g/mol. The monoisotopic (exact) mass is 255 g/mol. The molecule has 0 radical (unpaired) electrons. The van der Waals surface area contributed by atoms with Crippen molar-refractivity contribution in [1.29, 1.82) is 0 Å². The molecule has 1 amide bonds. The van der Waals surface area contributed by atoms with E-state index in [0.29, 0.717) is 12.2 Å². The number of nitrogens with two attached hydrogens (primary N) is 1. The lowest BCUT2D eigenvalue weighted by molar-refractivity contribution is -0.117. The highest BCUT2D eigenvalue weighted by atomic mass is 16.1. The van der Waals surface area contributed by atoms with Gasteiger partial charge in [0.15, 0.2) is 5.78 Å². The van der Waals surface area contributed by atoms with Gasteiger partial charge in [0, 0.05) is 24.4 Å². The molecule has 5 heteroatoms. The Balaban J connectivity index is 1.96. The van der Waals surface area contributed by atoms with Crippen LogP contribution in [-0.4, -0.2) is 21.2 Å². The van der Waals surface area contributed by atoms with E-state index in [4.69, 9.17) is 5.73 Å². The van der Waals surface area contributed by atoms with Gasteiger partial charge in [-0.3, -0.25) is 9.59 Å². The number of hydrogen-bond acceptors (Lipinski definition) is 3. The van der Waals surface area contributed by atoms with E-state index in [1.165, 1.54) is 0 Å². The fourth-order valence-electron chi connectivity index (χ4n) is 2.56. The predicted octanol–water partition coefficient (Wildman–Crippen LogP) is 0.891. The summed E-state index contributed by atoms with van der Waals surface area (Å²) in [5.41, 5.74) is 6.99. The van der Waals surface area contributed by atoms with Crippen LogP contribution in [0.15, 0.2) is 36.7 Å². The molecule has 2 aromatic rings. The molecule has 5 nitrogen and oxygen atoms in total. The SMILES string of the molecule is NC(=O)Cc1nccn1C1Cc2ccccc2C1=O. The maximum atomic E-state index is 12.4. The molecule has 1 aromatic carbocycles. The number of hydrogen-bond donors (Lipinski definition) is 1. The third-order valence-electron chi connectivity index (χ3n) is 3.42. The highest BCUT2D eigenvalue weighted by Gasteiger charge is 2.32. The van der Waals surface area contributed by atoms with Gasteiger partial charge in [-0.05, 0) is 5.56 Å². The second-order valence-corrected chi connectivity index (χ2v) is 4.64. The quantitative estimate of drug-likeness (QED) is 0.884. The molecule has 2 N–H and O–H groups in total. The van der Waals surface area contributed by atoms with Crippen LogP contribution in [0.1, 0.15) is 27.8 Å². The normalized spacial score (nSPS) is 17.5. The number of carbonyl (C=O) groups excluding carboxylic acids is 2. The molecule has 0 spiro atoms. The number of primary amides is 1. The molecule has 1 heterocycles. The molecular formula is C14H13N3O2. The van der Waals surface area contributed by atoms with Crippen molar-refractivity contribution in [3.8, 4) is 0 Å². The molecule has 19 heavy (non-hydrogen) atoms. The first kappa shape index (κ1) is 11.6. The predicted molar refractivity (Wildman–Crippen MR) is 68.6 cm³/mol. The zero-order valence-electron chi connectivity index (χ0n) is 10.2. The smallest absolute Gasteiger partial charge is 0.225 e. The molecule has 96 valence electrons. The number of aromatic nitrogens is 2. The molecule has 0 saturated carbocycles. The first-order valence-electron chi connectivity index (χ1n) is 6.09.